The Balaban J connectivity index is 1.78. The van der Waals surface area contributed by atoms with Crippen LogP contribution in [0.5, 0.6) is 0 Å². The minimum absolute atomic E-state index is 0.0438. The summed E-state index contributed by atoms with van der Waals surface area (Å²) < 4.78 is 45.1. The van der Waals surface area contributed by atoms with Crippen LogP contribution in [0.4, 0.5) is 18.9 Å². The van der Waals surface area contributed by atoms with Crippen molar-refractivity contribution in [2.75, 3.05) is 44.8 Å². The first kappa shape index (κ1) is 20.5. The van der Waals surface area contributed by atoms with Crippen LogP contribution in [-0.2, 0) is 15.7 Å². The third kappa shape index (κ3) is 3.81. The second-order valence-corrected chi connectivity index (χ2v) is 7.74. The van der Waals surface area contributed by atoms with Crippen LogP contribution in [0.3, 0.4) is 0 Å². The fraction of sp³-hybridized carbons (Fsp3) is 0.600. The molecule has 0 N–H and O–H groups in total. The maximum Gasteiger partial charge on any atom is 0.417 e. The Bertz CT molecular complexity index is 780. The quantitative estimate of drug-likeness (QED) is 0.788. The van der Waals surface area contributed by atoms with E-state index >= 15 is 0 Å². The number of carbonyl (C=O) groups excluding carboxylic acids is 1. The molecule has 0 radical (unpaired) electrons. The number of hydrogen-bond acceptors (Lipinski definition) is 4. The van der Waals surface area contributed by atoms with Gasteiger partial charge in [-0.3, -0.25) is 4.79 Å². The Labute approximate surface area is 162 Å². The lowest BCUT2D eigenvalue weighted by Gasteiger charge is -2.43. The molecule has 1 amide bonds. The van der Waals surface area contributed by atoms with E-state index in [0.717, 1.165) is 18.9 Å². The van der Waals surface area contributed by atoms with Crippen LogP contribution in [0, 0.1) is 22.7 Å². The molecule has 1 aromatic rings. The van der Waals surface area contributed by atoms with Gasteiger partial charge in [-0.1, -0.05) is 0 Å². The van der Waals surface area contributed by atoms with E-state index in [4.69, 9.17) is 10.00 Å². The Kier molecular flexibility index (Phi) is 5.57. The number of rotatable bonds is 3. The number of ether oxygens (including phenoxy) is 1. The maximum absolute atomic E-state index is 13.3. The Morgan fingerprint density at radius 2 is 2.04 bits per heavy atom. The van der Waals surface area contributed by atoms with E-state index in [0.29, 0.717) is 38.5 Å². The molecular formula is C20H24F3N3O2. The summed E-state index contributed by atoms with van der Waals surface area (Å²) in [7, 11) is 1.65. The van der Waals surface area contributed by atoms with Gasteiger partial charge >= 0.3 is 6.18 Å². The number of anilines is 1. The number of nitriles is 1. The van der Waals surface area contributed by atoms with Crippen LogP contribution in [-0.4, -0.2) is 50.7 Å². The minimum Gasteiger partial charge on any atom is -0.384 e. The number of hydrogen-bond donors (Lipinski definition) is 0. The van der Waals surface area contributed by atoms with Crippen molar-refractivity contribution >= 4 is 11.6 Å². The largest absolute Gasteiger partial charge is 0.417 e. The fourth-order valence-corrected chi connectivity index (χ4v) is 4.54. The lowest BCUT2D eigenvalue weighted by atomic mass is 9.71. The van der Waals surface area contributed by atoms with Gasteiger partial charge in [-0.15, -0.1) is 0 Å². The average molecular weight is 395 g/mol. The highest BCUT2D eigenvalue weighted by molar-refractivity contribution is 5.73. The summed E-state index contributed by atoms with van der Waals surface area (Å²) in [4.78, 5) is 15.6. The van der Waals surface area contributed by atoms with Crippen molar-refractivity contribution < 1.29 is 22.7 Å². The average Bonchev–Trinajstić information content (AvgIpc) is 3.00. The maximum atomic E-state index is 13.3. The van der Waals surface area contributed by atoms with Gasteiger partial charge in [-0.25, -0.2) is 0 Å². The van der Waals surface area contributed by atoms with Crippen molar-refractivity contribution in [2.24, 2.45) is 11.3 Å². The summed E-state index contributed by atoms with van der Waals surface area (Å²) in [6.07, 6.45) is -2.99. The van der Waals surface area contributed by atoms with Gasteiger partial charge in [0.1, 0.15) is 0 Å². The van der Waals surface area contributed by atoms with Gasteiger partial charge in [-0.05, 0) is 36.5 Å². The van der Waals surface area contributed by atoms with Crippen molar-refractivity contribution in [3.63, 3.8) is 0 Å². The van der Waals surface area contributed by atoms with Crippen LogP contribution in [0.15, 0.2) is 18.2 Å². The molecule has 8 heteroatoms. The number of halogens is 3. The van der Waals surface area contributed by atoms with Gasteiger partial charge in [0.05, 0.1) is 23.8 Å². The van der Waals surface area contributed by atoms with E-state index in [1.54, 1.807) is 26.2 Å². The first-order chi connectivity index (χ1) is 13.2. The molecule has 152 valence electrons. The summed E-state index contributed by atoms with van der Waals surface area (Å²) in [5, 5.41) is 8.96. The van der Waals surface area contributed by atoms with Gasteiger partial charge < -0.3 is 14.5 Å². The lowest BCUT2D eigenvalue weighted by Crippen LogP contribution is -2.45. The summed E-state index contributed by atoms with van der Waals surface area (Å²) in [6, 6.07) is 5.50. The molecule has 2 fully saturated rings. The van der Waals surface area contributed by atoms with Crippen molar-refractivity contribution in [1.82, 2.24) is 4.90 Å². The molecule has 1 aromatic carbocycles. The molecule has 2 heterocycles. The molecule has 1 unspecified atom stereocenters. The SMILES string of the molecule is COCC1CN(C(C)=O)CC12CCN(c1ccc(C#N)c(C(F)(F)F)c1)CC2. The highest BCUT2D eigenvalue weighted by Crippen LogP contribution is 2.46. The van der Waals surface area contributed by atoms with Crippen LogP contribution in [0.2, 0.25) is 0 Å². The first-order valence-corrected chi connectivity index (χ1v) is 9.31. The number of alkyl halides is 3. The highest BCUT2D eigenvalue weighted by Gasteiger charge is 2.48. The number of carbonyl (C=O) groups is 1. The molecule has 0 bridgehead atoms. The number of piperidine rings is 1. The molecule has 1 spiro atoms. The van der Waals surface area contributed by atoms with E-state index in [-0.39, 0.29) is 22.8 Å². The summed E-state index contributed by atoms with van der Waals surface area (Å²) >= 11 is 0. The molecule has 0 aromatic heterocycles. The van der Waals surface area contributed by atoms with Gasteiger partial charge in [0, 0.05) is 51.8 Å². The van der Waals surface area contributed by atoms with E-state index in [2.05, 4.69) is 0 Å². The number of likely N-dealkylation sites (tertiary alicyclic amines) is 1. The zero-order valence-corrected chi connectivity index (χ0v) is 16.1. The van der Waals surface area contributed by atoms with E-state index in [1.165, 1.54) is 6.07 Å². The molecule has 5 nitrogen and oxygen atoms in total. The first-order valence-electron chi connectivity index (χ1n) is 9.31. The van der Waals surface area contributed by atoms with E-state index in [1.807, 2.05) is 9.80 Å². The van der Waals surface area contributed by atoms with E-state index < -0.39 is 11.7 Å². The van der Waals surface area contributed by atoms with Crippen LogP contribution < -0.4 is 4.90 Å². The van der Waals surface area contributed by atoms with Crippen molar-refractivity contribution in [1.29, 1.82) is 5.26 Å². The summed E-state index contributed by atoms with van der Waals surface area (Å²) in [6.45, 7) is 4.68. The number of amides is 1. The standard InChI is InChI=1S/C20H24F3N3O2/c1-14(27)26-11-16(12-28-2)19(13-26)5-7-25(8-6-19)17-4-3-15(10-24)18(9-17)20(21,22)23/h3-4,9,16H,5-8,11-13H2,1-2H3. The Hall–Kier alpha value is -2.27. The normalized spacial score (nSPS) is 21.8. The zero-order chi connectivity index (χ0) is 20.5. The molecule has 0 saturated carbocycles. The Morgan fingerprint density at radius 3 is 2.57 bits per heavy atom. The summed E-state index contributed by atoms with van der Waals surface area (Å²) in [5.74, 6) is 0.276. The topological polar surface area (TPSA) is 56.6 Å². The molecule has 1 atom stereocenters. The van der Waals surface area contributed by atoms with Crippen molar-refractivity contribution in [2.45, 2.75) is 25.9 Å². The molecule has 28 heavy (non-hydrogen) atoms. The van der Waals surface area contributed by atoms with Gasteiger partial charge in [-0.2, -0.15) is 18.4 Å². The molecular weight excluding hydrogens is 371 g/mol. The van der Waals surface area contributed by atoms with E-state index in [9.17, 15) is 18.0 Å². The highest BCUT2D eigenvalue weighted by atomic mass is 19.4. The zero-order valence-electron chi connectivity index (χ0n) is 16.1. The number of methoxy groups -OCH3 is 1. The van der Waals surface area contributed by atoms with Crippen LogP contribution >= 0.6 is 0 Å². The van der Waals surface area contributed by atoms with Gasteiger partial charge in [0.25, 0.3) is 0 Å². The number of benzene rings is 1. The third-order valence-electron chi connectivity index (χ3n) is 6.18. The second-order valence-electron chi connectivity index (χ2n) is 7.74. The lowest BCUT2D eigenvalue weighted by molar-refractivity contribution is -0.137. The molecule has 0 aliphatic carbocycles. The Morgan fingerprint density at radius 1 is 1.36 bits per heavy atom. The summed E-state index contributed by atoms with van der Waals surface area (Å²) in [5.41, 5.74) is -0.838. The van der Waals surface area contributed by atoms with Crippen LogP contribution in [0.1, 0.15) is 30.9 Å². The predicted octanol–water partition coefficient (Wildman–Crippen LogP) is 3.29. The molecule has 2 aliphatic rings. The van der Waals surface area contributed by atoms with Gasteiger partial charge in [0.15, 0.2) is 0 Å². The van der Waals surface area contributed by atoms with Crippen LogP contribution in [0.25, 0.3) is 0 Å². The third-order valence-corrected chi connectivity index (χ3v) is 6.18. The monoisotopic (exact) mass is 395 g/mol. The molecule has 3 rings (SSSR count). The van der Waals surface area contributed by atoms with Gasteiger partial charge in [0.2, 0.25) is 5.91 Å². The second kappa shape index (κ2) is 7.63. The predicted molar refractivity (Wildman–Crippen MR) is 97.7 cm³/mol. The van der Waals surface area contributed by atoms with Crippen molar-refractivity contribution in [3.8, 4) is 6.07 Å². The minimum atomic E-state index is -4.56. The smallest absolute Gasteiger partial charge is 0.384 e. The molecule has 2 aliphatic heterocycles. The fourth-order valence-electron chi connectivity index (χ4n) is 4.54. The number of nitrogens with zero attached hydrogens (tertiary/aromatic N) is 3. The molecule has 2 saturated heterocycles. The van der Waals surface area contributed by atoms with Crippen molar-refractivity contribution in [3.05, 3.63) is 29.3 Å².